The maximum absolute atomic E-state index is 10.8. The van der Waals surface area contributed by atoms with Gasteiger partial charge >= 0.3 is 11.9 Å². The molecular formula is C22H38O4. The van der Waals surface area contributed by atoms with Crippen LogP contribution in [0.1, 0.15) is 79.1 Å². The van der Waals surface area contributed by atoms with Crippen LogP contribution in [0.4, 0.5) is 0 Å². The standard InChI is InChI=1S/C12H24.C10H14O4/c1-4-6-8-10-12(3)11-9-7-5-2;1-7(2)9(11)13-5-6-14-10(12)8(3)4/h3-11H2,1-2H3;1,3,5-6H2,2,4H3. The smallest absolute Gasteiger partial charge is 0.333 e. The second-order valence-electron chi connectivity index (χ2n) is 6.50. The summed E-state index contributed by atoms with van der Waals surface area (Å²) in [5.74, 6) is -0.979. The first kappa shape index (κ1) is 26.4. The predicted molar refractivity (Wildman–Crippen MR) is 109 cm³/mol. The molecule has 0 fully saturated rings. The molecule has 0 saturated heterocycles. The Morgan fingerprint density at radius 1 is 0.692 bits per heavy atom. The van der Waals surface area contributed by atoms with Crippen molar-refractivity contribution in [1.82, 2.24) is 0 Å². The van der Waals surface area contributed by atoms with Gasteiger partial charge in [0.25, 0.3) is 0 Å². The van der Waals surface area contributed by atoms with Crippen molar-refractivity contribution >= 4 is 11.9 Å². The van der Waals surface area contributed by atoms with Gasteiger partial charge in [-0.15, -0.1) is 0 Å². The summed E-state index contributed by atoms with van der Waals surface area (Å²) in [7, 11) is 0. The van der Waals surface area contributed by atoms with Crippen molar-refractivity contribution in [3.05, 3.63) is 36.5 Å². The molecule has 0 radical (unpaired) electrons. The molecule has 0 aliphatic carbocycles. The van der Waals surface area contributed by atoms with Crippen LogP contribution in [0, 0.1) is 0 Å². The molecular weight excluding hydrogens is 328 g/mol. The molecule has 0 aliphatic heterocycles. The third-order valence-corrected chi connectivity index (χ3v) is 3.51. The van der Waals surface area contributed by atoms with Gasteiger partial charge in [0.1, 0.15) is 13.2 Å². The van der Waals surface area contributed by atoms with E-state index in [0.29, 0.717) is 11.1 Å². The first-order valence-electron chi connectivity index (χ1n) is 9.58. The molecule has 0 rings (SSSR count). The van der Waals surface area contributed by atoms with Gasteiger partial charge in [0.2, 0.25) is 0 Å². The van der Waals surface area contributed by atoms with Crippen LogP contribution in [0.15, 0.2) is 36.5 Å². The average molecular weight is 367 g/mol. The summed E-state index contributed by atoms with van der Waals surface area (Å²) in [6.45, 7) is 18.6. The molecule has 150 valence electrons. The highest BCUT2D eigenvalue weighted by atomic mass is 16.6. The Morgan fingerprint density at radius 3 is 1.31 bits per heavy atom. The first-order chi connectivity index (χ1) is 12.3. The van der Waals surface area contributed by atoms with Gasteiger partial charge in [-0.1, -0.05) is 64.8 Å². The normalized spacial score (nSPS) is 9.54. The number of carbonyl (C=O) groups is 2. The van der Waals surface area contributed by atoms with Crippen LogP contribution in [-0.4, -0.2) is 25.2 Å². The topological polar surface area (TPSA) is 52.6 Å². The van der Waals surface area contributed by atoms with Gasteiger partial charge in [-0.05, 0) is 39.5 Å². The van der Waals surface area contributed by atoms with E-state index in [1.54, 1.807) is 13.8 Å². The van der Waals surface area contributed by atoms with E-state index in [0.717, 1.165) is 0 Å². The molecule has 0 atom stereocenters. The van der Waals surface area contributed by atoms with Gasteiger partial charge < -0.3 is 9.47 Å². The molecule has 0 spiro atoms. The van der Waals surface area contributed by atoms with Crippen molar-refractivity contribution in [3.63, 3.8) is 0 Å². The fraction of sp³-hybridized carbons (Fsp3) is 0.636. The SMILES string of the molecule is C=C(C)C(=O)OCCOC(=O)C(=C)C.C=C(CCCCC)CCCCC. The number of hydrogen-bond donors (Lipinski definition) is 0. The number of ether oxygens (including phenoxy) is 2. The van der Waals surface area contributed by atoms with Gasteiger partial charge in [0.05, 0.1) is 0 Å². The molecule has 0 bridgehead atoms. The summed E-state index contributed by atoms with van der Waals surface area (Å²) in [5, 5.41) is 0. The van der Waals surface area contributed by atoms with Crippen molar-refractivity contribution in [2.24, 2.45) is 0 Å². The predicted octanol–water partition coefficient (Wildman–Crippen LogP) is 5.93. The zero-order valence-corrected chi connectivity index (χ0v) is 17.3. The number of unbranched alkanes of at least 4 members (excludes halogenated alkanes) is 4. The molecule has 0 saturated carbocycles. The highest BCUT2D eigenvalue weighted by molar-refractivity contribution is 5.87. The lowest BCUT2D eigenvalue weighted by atomic mass is 10.0. The van der Waals surface area contributed by atoms with Crippen LogP contribution >= 0.6 is 0 Å². The fourth-order valence-corrected chi connectivity index (χ4v) is 1.89. The number of rotatable bonds is 13. The van der Waals surface area contributed by atoms with Crippen LogP contribution in [0.5, 0.6) is 0 Å². The Labute approximate surface area is 160 Å². The van der Waals surface area contributed by atoms with Gasteiger partial charge in [-0.3, -0.25) is 0 Å². The van der Waals surface area contributed by atoms with E-state index in [1.807, 2.05) is 0 Å². The lowest BCUT2D eigenvalue weighted by Crippen LogP contribution is -2.14. The fourth-order valence-electron chi connectivity index (χ4n) is 1.89. The average Bonchev–Trinajstić information content (AvgIpc) is 2.59. The van der Waals surface area contributed by atoms with Crippen LogP contribution in [0.25, 0.3) is 0 Å². The Balaban J connectivity index is 0. The van der Waals surface area contributed by atoms with E-state index in [1.165, 1.54) is 56.9 Å². The maximum Gasteiger partial charge on any atom is 0.333 e. The van der Waals surface area contributed by atoms with Gasteiger partial charge in [-0.2, -0.15) is 0 Å². The van der Waals surface area contributed by atoms with E-state index in [4.69, 9.17) is 0 Å². The van der Waals surface area contributed by atoms with Crippen molar-refractivity contribution < 1.29 is 19.1 Å². The van der Waals surface area contributed by atoms with Crippen molar-refractivity contribution in [2.75, 3.05) is 13.2 Å². The lowest BCUT2D eigenvalue weighted by molar-refractivity contribution is -0.147. The van der Waals surface area contributed by atoms with Crippen molar-refractivity contribution in [1.29, 1.82) is 0 Å². The van der Waals surface area contributed by atoms with Crippen LogP contribution in [0.2, 0.25) is 0 Å². The van der Waals surface area contributed by atoms with Gasteiger partial charge in [0.15, 0.2) is 0 Å². The summed E-state index contributed by atoms with van der Waals surface area (Å²) < 4.78 is 9.38. The summed E-state index contributed by atoms with van der Waals surface area (Å²) >= 11 is 0. The van der Waals surface area contributed by atoms with E-state index in [-0.39, 0.29) is 13.2 Å². The third-order valence-electron chi connectivity index (χ3n) is 3.51. The Morgan fingerprint density at radius 2 is 1.04 bits per heavy atom. The quantitative estimate of drug-likeness (QED) is 0.175. The highest BCUT2D eigenvalue weighted by Gasteiger charge is 2.05. The van der Waals surface area contributed by atoms with Crippen molar-refractivity contribution in [3.8, 4) is 0 Å². The van der Waals surface area contributed by atoms with E-state index in [9.17, 15) is 9.59 Å². The third kappa shape index (κ3) is 18.5. The monoisotopic (exact) mass is 366 g/mol. The van der Waals surface area contributed by atoms with Crippen molar-refractivity contribution in [2.45, 2.75) is 79.1 Å². The Kier molecular flexibility index (Phi) is 18.2. The van der Waals surface area contributed by atoms with E-state index >= 15 is 0 Å². The summed E-state index contributed by atoms with van der Waals surface area (Å²) in [6.07, 6.45) is 10.6. The van der Waals surface area contributed by atoms with Gasteiger partial charge in [0, 0.05) is 11.1 Å². The molecule has 0 aromatic heterocycles. The Bertz CT molecular complexity index is 409. The molecule has 4 nitrogen and oxygen atoms in total. The highest BCUT2D eigenvalue weighted by Crippen LogP contribution is 2.14. The minimum Gasteiger partial charge on any atom is -0.459 e. The first-order valence-corrected chi connectivity index (χ1v) is 9.58. The molecule has 0 unspecified atom stereocenters. The number of esters is 2. The molecule has 0 aliphatic rings. The number of hydrogen-bond acceptors (Lipinski definition) is 4. The molecule has 0 aromatic rings. The molecule has 0 amide bonds. The molecule has 0 heterocycles. The zero-order chi connectivity index (χ0) is 20.4. The van der Waals surface area contributed by atoms with Crippen LogP contribution < -0.4 is 0 Å². The van der Waals surface area contributed by atoms with E-state index in [2.05, 4.69) is 43.1 Å². The largest absolute Gasteiger partial charge is 0.459 e. The maximum atomic E-state index is 10.8. The summed E-state index contributed by atoms with van der Waals surface area (Å²) in [6, 6.07) is 0. The van der Waals surface area contributed by atoms with Gasteiger partial charge in [-0.25, -0.2) is 9.59 Å². The lowest BCUT2D eigenvalue weighted by Gasteiger charge is -2.05. The summed E-state index contributed by atoms with van der Waals surface area (Å²) in [4.78, 5) is 21.7. The minimum absolute atomic E-state index is 0.0325. The second kappa shape index (κ2) is 18.0. The number of allylic oxidation sites excluding steroid dienone is 1. The van der Waals surface area contributed by atoms with Crippen LogP contribution in [0.3, 0.4) is 0 Å². The summed E-state index contributed by atoms with van der Waals surface area (Å²) in [5.41, 5.74) is 2.10. The molecule has 4 heteroatoms. The molecule has 26 heavy (non-hydrogen) atoms. The number of carbonyl (C=O) groups excluding carboxylic acids is 2. The Hall–Kier alpha value is -1.84. The minimum atomic E-state index is -0.489. The molecule has 0 aromatic carbocycles. The second-order valence-corrected chi connectivity index (χ2v) is 6.50. The molecule has 0 N–H and O–H groups in total. The zero-order valence-electron chi connectivity index (χ0n) is 17.3. The van der Waals surface area contributed by atoms with Crippen LogP contribution in [-0.2, 0) is 19.1 Å². The van der Waals surface area contributed by atoms with E-state index < -0.39 is 11.9 Å².